The maximum atomic E-state index is 5.67. The molecule has 0 radical (unpaired) electrons. The molecule has 1 aromatic rings. The van der Waals surface area contributed by atoms with E-state index in [1.54, 1.807) is 0 Å². The first-order chi connectivity index (χ1) is 8.20. The Balaban J connectivity index is 2.63. The van der Waals surface area contributed by atoms with E-state index < -0.39 is 0 Å². The third kappa shape index (κ3) is 4.41. The molecule has 0 amide bonds. The van der Waals surface area contributed by atoms with E-state index in [9.17, 15) is 0 Å². The molecule has 1 unspecified atom stereocenters. The van der Waals surface area contributed by atoms with Crippen LogP contribution in [0, 0.1) is 6.92 Å². The molecule has 0 aromatic heterocycles. The molecule has 2 nitrogen and oxygen atoms in total. The first-order valence-electron chi connectivity index (χ1n) is 6.41. The first kappa shape index (κ1) is 14.7. The Kier molecular flexibility index (Phi) is 6.78. The van der Waals surface area contributed by atoms with Crippen molar-refractivity contribution in [2.45, 2.75) is 52.0 Å². The Morgan fingerprint density at radius 1 is 1.29 bits per heavy atom. The van der Waals surface area contributed by atoms with Crippen LogP contribution in [0.15, 0.2) is 22.7 Å². The number of nitrogens with two attached hydrogens (primary N) is 1. The molecule has 0 aliphatic carbocycles. The van der Waals surface area contributed by atoms with Gasteiger partial charge in [0.2, 0.25) is 0 Å². The largest absolute Gasteiger partial charge is 0.271 e. The Morgan fingerprint density at radius 3 is 2.71 bits per heavy atom. The van der Waals surface area contributed by atoms with Gasteiger partial charge in [-0.2, -0.15) is 0 Å². The van der Waals surface area contributed by atoms with Crippen LogP contribution in [-0.4, -0.2) is 0 Å². The Bertz CT molecular complexity index is 339. The summed E-state index contributed by atoms with van der Waals surface area (Å²) in [7, 11) is 0. The normalized spacial score (nSPS) is 12.7. The van der Waals surface area contributed by atoms with E-state index in [1.807, 2.05) is 0 Å². The molecule has 17 heavy (non-hydrogen) atoms. The number of rotatable bonds is 7. The van der Waals surface area contributed by atoms with Crippen LogP contribution >= 0.6 is 15.9 Å². The third-order valence-corrected chi connectivity index (χ3v) is 4.09. The maximum absolute atomic E-state index is 5.67. The minimum Gasteiger partial charge on any atom is -0.271 e. The molecule has 96 valence electrons. The van der Waals surface area contributed by atoms with Crippen LogP contribution < -0.4 is 11.3 Å². The van der Waals surface area contributed by atoms with Crippen LogP contribution in [0.25, 0.3) is 0 Å². The monoisotopic (exact) mass is 298 g/mol. The van der Waals surface area contributed by atoms with Crippen LogP contribution in [-0.2, 0) is 0 Å². The molecule has 0 saturated heterocycles. The lowest BCUT2D eigenvalue weighted by Crippen LogP contribution is -2.28. The molecule has 1 aromatic carbocycles. The molecular formula is C14H23BrN2. The number of benzene rings is 1. The second kappa shape index (κ2) is 7.85. The zero-order chi connectivity index (χ0) is 12.7. The highest BCUT2D eigenvalue weighted by Crippen LogP contribution is 2.27. The summed E-state index contributed by atoms with van der Waals surface area (Å²) in [5, 5.41) is 0. The lowest BCUT2D eigenvalue weighted by Gasteiger charge is -2.19. The molecule has 3 N–H and O–H groups in total. The number of halogens is 1. The highest BCUT2D eigenvalue weighted by atomic mass is 79.9. The fourth-order valence-electron chi connectivity index (χ4n) is 2.11. The smallest absolute Gasteiger partial charge is 0.0463 e. The fourth-order valence-corrected chi connectivity index (χ4v) is 2.49. The second-order valence-corrected chi connectivity index (χ2v) is 5.38. The van der Waals surface area contributed by atoms with Crippen molar-refractivity contribution >= 4 is 15.9 Å². The highest BCUT2D eigenvalue weighted by Gasteiger charge is 2.12. The van der Waals surface area contributed by atoms with Gasteiger partial charge in [0, 0.05) is 10.5 Å². The van der Waals surface area contributed by atoms with Gasteiger partial charge in [-0.3, -0.25) is 11.3 Å². The van der Waals surface area contributed by atoms with E-state index in [1.165, 1.54) is 36.8 Å². The van der Waals surface area contributed by atoms with Gasteiger partial charge in [0.1, 0.15) is 0 Å². The van der Waals surface area contributed by atoms with E-state index >= 15 is 0 Å². The summed E-state index contributed by atoms with van der Waals surface area (Å²) in [6.45, 7) is 4.37. The summed E-state index contributed by atoms with van der Waals surface area (Å²) >= 11 is 3.57. The van der Waals surface area contributed by atoms with Gasteiger partial charge in [-0.05, 0) is 30.5 Å². The summed E-state index contributed by atoms with van der Waals surface area (Å²) in [5.41, 5.74) is 5.53. The quantitative estimate of drug-likeness (QED) is 0.449. The zero-order valence-electron chi connectivity index (χ0n) is 10.8. The third-order valence-electron chi connectivity index (χ3n) is 3.23. The second-order valence-electron chi connectivity index (χ2n) is 4.52. The van der Waals surface area contributed by atoms with Crippen molar-refractivity contribution in [3.05, 3.63) is 33.8 Å². The van der Waals surface area contributed by atoms with Gasteiger partial charge in [-0.25, -0.2) is 0 Å². The van der Waals surface area contributed by atoms with E-state index in [2.05, 4.69) is 53.4 Å². The molecule has 0 saturated carbocycles. The maximum Gasteiger partial charge on any atom is 0.0463 e. The van der Waals surface area contributed by atoms with Crippen molar-refractivity contribution < 1.29 is 0 Å². The van der Waals surface area contributed by atoms with E-state index in [4.69, 9.17) is 5.84 Å². The molecule has 0 aliphatic heterocycles. The molecule has 0 bridgehead atoms. The van der Waals surface area contributed by atoms with Gasteiger partial charge in [-0.15, -0.1) is 0 Å². The van der Waals surface area contributed by atoms with Gasteiger partial charge in [0.15, 0.2) is 0 Å². The van der Waals surface area contributed by atoms with Gasteiger partial charge >= 0.3 is 0 Å². The number of hydrogen-bond donors (Lipinski definition) is 2. The lowest BCUT2D eigenvalue weighted by molar-refractivity contribution is 0.480. The van der Waals surface area contributed by atoms with Crippen molar-refractivity contribution in [3.8, 4) is 0 Å². The topological polar surface area (TPSA) is 38.0 Å². The van der Waals surface area contributed by atoms with E-state index in [0.717, 1.165) is 10.9 Å². The van der Waals surface area contributed by atoms with Crippen LogP contribution in [0.1, 0.15) is 56.2 Å². The summed E-state index contributed by atoms with van der Waals surface area (Å²) in [4.78, 5) is 0. The Hall–Kier alpha value is -0.380. The average molecular weight is 299 g/mol. The zero-order valence-corrected chi connectivity index (χ0v) is 12.4. The minimum absolute atomic E-state index is 0.268. The van der Waals surface area contributed by atoms with Gasteiger partial charge < -0.3 is 0 Å². The molecule has 0 aliphatic rings. The first-order valence-corrected chi connectivity index (χ1v) is 7.21. The van der Waals surface area contributed by atoms with Crippen molar-refractivity contribution in [2.75, 3.05) is 0 Å². The minimum atomic E-state index is 0.268. The number of hydrogen-bond acceptors (Lipinski definition) is 2. The molecular weight excluding hydrogens is 276 g/mol. The molecule has 0 fully saturated rings. The van der Waals surface area contributed by atoms with Crippen molar-refractivity contribution in [3.63, 3.8) is 0 Å². The van der Waals surface area contributed by atoms with Crippen LogP contribution in [0.2, 0.25) is 0 Å². The predicted molar refractivity (Wildman–Crippen MR) is 77.7 cm³/mol. The number of hydrazine groups is 1. The number of unbranched alkanes of at least 4 members (excludes halogenated alkanes) is 3. The molecule has 1 rings (SSSR count). The van der Waals surface area contributed by atoms with Gasteiger partial charge in [0.05, 0.1) is 0 Å². The predicted octanol–water partition coefficient (Wildman–Crippen LogP) is 4.23. The molecule has 0 heterocycles. The summed E-state index contributed by atoms with van der Waals surface area (Å²) in [5.74, 6) is 5.67. The van der Waals surface area contributed by atoms with E-state index in [0.29, 0.717) is 0 Å². The summed E-state index contributed by atoms with van der Waals surface area (Å²) in [6, 6.07) is 6.57. The lowest BCUT2D eigenvalue weighted by atomic mass is 9.97. The van der Waals surface area contributed by atoms with Gasteiger partial charge in [0.25, 0.3) is 0 Å². The van der Waals surface area contributed by atoms with Crippen LogP contribution in [0.5, 0.6) is 0 Å². The Morgan fingerprint density at radius 2 is 2.06 bits per heavy atom. The number of nitrogens with one attached hydrogen (secondary N) is 1. The van der Waals surface area contributed by atoms with Crippen LogP contribution in [0.3, 0.4) is 0 Å². The average Bonchev–Trinajstić information content (AvgIpc) is 2.34. The summed E-state index contributed by atoms with van der Waals surface area (Å²) < 4.78 is 1.16. The Labute approximate surface area is 113 Å². The van der Waals surface area contributed by atoms with Crippen molar-refractivity contribution in [1.29, 1.82) is 0 Å². The van der Waals surface area contributed by atoms with Gasteiger partial charge in [-0.1, -0.05) is 60.7 Å². The highest BCUT2D eigenvalue weighted by molar-refractivity contribution is 9.10. The standard InChI is InChI=1S/C14H23BrN2/c1-3-4-5-6-10-14(17-16)12-8-7-9-13(15)11(12)2/h7-9,14,17H,3-6,10,16H2,1-2H3. The van der Waals surface area contributed by atoms with E-state index in [-0.39, 0.29) is 6.04 Å². The van der Waals surface area contributed by atoms with Crippen LogP contribution in [0.4, 0.5) is 0 Å². The molecule has 3 heteroatoms. The molecule has 1 atom stereocenters. The molecule has 0 spiro atoms. The summed E-state index contributed by atoms with van der Waals surface area (Å²) in [6.07, 6.45) is 6.22. The SMILES string of the molecule is CCCCCCC(NN)c1cccc(Br)c1C. The van der Waals surface area contributed by atoms with Crippen molar-refractivity contribution in [1.82, 2.24) is 5.43 Å². The van der Waals surface area contributed by atoms with Crippen molar-refractivity contribution in [2.24, 2.45) is 5.84 Å². The fraction of sp³-hybridized carbons (Fsp3) is 0.571.